The minimum Gasteiger partial charge on any atom is -0.396 e. The summed E-state index contributed by atoms with van der Waals surface area (Å²) >= 11 is 0. The van der Waals surface area contributed by atoms with Gasteiger partial charge in [-0.3, -0.25) is 0 Å². The van der Waals surface area contributed by atoms with E-state index in [0.717, 1.165) is 12.8 Å². The second-order valence-electron chi connectivity index (χ2n) is 4.19. The van der Waals surface area contributed by atoms with Gasteiger partial charge in [0, 0.05) is 13.2 Å². The predicted octanol–water partition coefficient (Wildman–Crippen LogP) is 2.00. The Balaban J connectivity index is 2.41. The van der Waals surface area contributed by atoms with Crippen LogP contribution in [0.4, 0.5) is 10.2 Å². The molecule has 0 fully saturated rings. The van der Waals surface area contributed by atoms with Crippen molar-refractivity contribution in [3.63, 3.8) is 0 Å². The largest absolute Gasteiger partial charge is 0.396 e. The van der Waals surface area contributed by atoms with Crippen LogP contribution >= 0.6 is 0 Å². The quantitative estimate of drug-likeness (QED) is 0.717. The van der Waals surface area contributed by atoms with Crippen LogP contribution in [0.3, 0.4) is 0 Å². The SMILES string of the molecule is CCc1ncnc(NCCCC(C)CO)c1F. The molecule has 5 heteroatoms. The predicted molar refractivity (Wildman–Crippen MR) is 65.3 cm³/mol. The highest BCUT2D eigenvalue weighted by molar-refractivity contribution is 5.36. The van der Waals surface area contributed by atoms with E-state index in [9.17, 15) is 4.39 Å². The smallest absolute Gasteiger partial charge is 0.186 e. The van der Waals surface area contributed by atoms with E-state index in [-0.39, 0.29) is 18.2 Å². The first-order valence-electron chi connectivity index (χ1n) is 6.03. The van der Waals surface area contributed by atoms with Crippen LogP contribution in [-0.2, 0) is 6.42 Å². The minimum absolute atomic E-state index is 0.196. The van der Waals surface area contributed by atoms with Crippen LogP contribution < -0.4 is 5.32 Å². The third kappa shape index (κ3) is 4.26. The molecule has 0 aliphatic carbocycles. The molecule has 4 nitrogen and oxygen atoms in total. The van der Waals surface area contributed by atoms with Crippen LogP contribution in [0.2, 0.25) is 0 Å². The highest BCUT2D eigenvalue weighted by atomic mass is 19.1. The normalized spacial score (nSPS) is 12.5. The molecule has 0 aromatic carbocycles. The molecule has 1 rings (SSSR count). The van der Waals surface area contributed by atoms with E-state index in [0.29, 0.717) is 24.6 Å². The summed E-state index contributed by atoms with van der Waals surface area (Å²) in [4.78, 5) is 7.75. The van der Waals surface area contributed by atoms with E-state index < -0.39 is 0 Å². The molecule has 1 unspecified atom stereocenters. The van der Waals surface area contributed by atoms with E-state index in [1.54, 1.807) is 0 Å². The van der Waals surface area contributed by atoms with Crippen molar-refractivity contribution in [2.75, 3.05) is 18.5 Å². The van der Waals surface area contributed by atoms with E-state index in [1.165, 1.54) is 6.33 Å². The van der Waals surface area contributed by atoms with E-state index >= 15 is 0 Å². The zero-order chi connectivity index (χ0) is 12.7. The molecule has 0 radical (unpaired) electrons. The summed E-state index contributed by atoms with van der Waals surface area (Å²) < 4.78 is 13.7. The molecule has 0 aliphatic rings. The number of hydrogen-bond acceptors (Lipinski definition) is 4. The number of nitrogens with zero attached hydrogens (tertiary/aromatic N) is 2. The molecule has 1 aromatic rings. The van der Waals surface area contributed by atoms with E-state index in [2.05, 4.69) is 15.3 Å². The molecule has 0 aliphatic heterocycles. The Morgan fingerprint density at radius 2 is 2.24 bits per heavy atom. The highest BCUT2D eigenvalue weighted by Gasteiger charge is 2.08. The topological polar surface area (TPSA) is 58.0 Å². The van der Waals surface area contributed by atoms with Crippen LogP contribution in [0.1, 0.15) is 32.4 Å². The number of hydrogen-bond donors (Lipinski definition) is 2. The Bertz CT molecular complexity index is 347. The number of aliphatic hydroxyl groups excluding tert-OH is 1. The van der Waals surface area contributed by atoms with Crippen molar-refractivity contribution in [1.29, 1.82) is 0 Å². The number of rotatable bonds is 7. The maximum atomic E-state index is 13.7. The summed E-state index contributed by atoms with van der Waals surface area (Å²) in [6.45, 7) is 4.70. The summed E-state index contributed by atoms with van der Waals surface area (Å²) in [6, 6.07) is 0. The molecule has 1 aromatic heterocycles. The maximum absolute atomic E-state index is 13.7. The van der Waals surface area contributed by atoms with Gasteiger partial charge in [0.2, 0.25) is 0 Å². The number of halogens is 1. The first-order chi connectivity index (χ1) is 8.19. The Morgan fingerprint density at radius 3 is 2.88 bits per heavy atom. The van der Waals surface area contributed by atoms with Crippen molar-refractivity contribution in [2.45, 2.75) is 33.1 Å². The van der Waals surface area contributed by atoms with Gasteiger partial charge in [-0.1, -0.05) is 13.8 Å². The van der Waals surface area contributed by atoms with Gasteiger partial charge < -0.3 is 10.4 Å². The zero-order valence-corrected chi connectivity index (χ0v) is 10.4. The molecule has 0 amide bonds. The molecular weight excluding hydrogens is 221 g/mol. The lowest BCUT2D eigenvalue weighted by molar-refractivity contribution is 0.229. The summed E-state index contributed by atoms with van der Waals surface area (Å²) in [6.07, 6.45) is 3.73. The van der Waals surface area contributed by atoms with Crippen molar-refractivity contribution in [1.82, 2.24) is 9.97 Å². The Labute approximate surface area is 101 Å². The maximum Gasteiger partial charge on any atom is 0.186 e. The second kappa shape index (κ2) is 7.17. The molecule has 1 heterocycles. The minimum atomic E-state index is -0.356. The van der Waals surface area contributed by atoms with Gasteiger partial charge in [-0.25, -0.2) is 14.4 Å². The van der Waals surface area contributed by atoms with Crippen molar-refractivity contribution in [3.05, 3.63) is 17.8 Å². The van der Waals surface area contributed by atoms with E-state index in [4.69, 9.17) is 5.11 Å². The number of nitrogens with one attached hydrogen (secondary N) is 1. The van der Waals surface area contributed by atoms with Gasteiger partial charge in [0.15, 0.2) is 11.6 Å². The molecule has 0 spiro atoms. The fourth-order valence-corrected chi connectivity index (χ4v) is 1.52. The number of aromatic nitrogens is 2. The third-order valence-electron chi connectivity index (χ3n) is 2.67. The van der Waals surface area contributed by atoms with Gasteiger partial charge in [-0.2, -0.15) is 0 Å². The first-order valence-corrected chi connectivity index (χ1v) is 6.03. The number of aryl methyl sites for hydroxylation is 1. The first kappa shape index (κ1) is 13.8. The monoisotopic (exact) mass is 241 g/mol. The average Bonchev–Trinajstić information content (AvgIpc) is 2.36. The van der Waals surface area contributed by atoms with Gasteiger partial charge in [-0.15, -0.1) is 0 Å². The highest BCUT2D eigenvalue weighted by Crippen LogP contribution is 2.13. The fraction of sp³-hybridized carbons (Fsp3) is 0.667. The Morgan fingerprint density at radius 1 is 1.47 bits per heavy atom. The molecule has 0 saturated carbocycles. The number of aliphatic hydroxyl groups is 1. The van der Waals surface area contributed by atoms with Crippen LogP contribution in [0.15, 0.2) is 6.33 Å². The van der Waals surface area contributed by atoms with Crippen molar-refractivity contribution in [3.8, 4) is 0 Å². The lowest BCUT2D eigenvalue weighted by Gasteiger charge is -2.10. The molecule has 2 N–H and O–H groups in total. The van der Waals surface area contributed by atoms with Gasteiger partial charge >= 0.3 is 0 Å². The van der Waals surface area contributed by atoms with Crippen molar-refractivity contribution < 1.29 is 9.50 Å². The lowest BCUT2D eigenvalue weighted by Crippen LogP contribution is -2.10. The Hall–Kier alpha value is -1.23. The van der Waals surface area contributed by atoms with Crippen LogP contribution in [-0.4, -0.2) is 28.2 Å². The fourth-order valence-electron chi connectivity index (χ4n) is 1.52. The standard InChI is InChI=1S/C12H20FN3O/c1-3-10-11(13)12(16-8-15-10)14-6-4-5-9(2)7-17/h8-9,17H,3-7H2,1-2H3,(H,14,15,16). The van der Waals surface area contributed by atoms with E-state index in [1.807, 2.05) is 13.8 Å². The molecule has 96 valence electrons. The van der Waals surface area contributed by atoms with Crippen LogP contribution in [0.5, 0.6) is 0 Å². The lowest BCUT2D eigenvalue weighted by atomic mass is 10.1. The second-order valence-corrected chi connectivity index (χ2v) is 4.19. The molecule has 1 atom stereocenters. The molecule has 17 heavy (non-hydrogen) atoms. The van der Waals surface area contributed by atoms with Gasteiger partial charge in [0.25, 0.3) is 0 Å². The average molecular weight is 241 g/mol. The summed E-state index contributed by atoms with van der Waals surface area (Å²) in [5.74, 6) is 0.206. The third-order valence-corrected chi connectivity index (χ3v) is 2.67. The molecular formula is C12H20FN3O. The van der Waals surface area contributed by atoms with Crippen molar-refractivity contribution >= 4 is 5.82 Å². The number of anilines is 1. The van der Waals surface area contributed by atoms with Gasteiger partial charge in [0.1, 0.15) is 6.33 Å². The van der Waals surface area contributed by atoms with Crippen LogP contribution in [0, 0.1) is 11.7 Å². The summed E-state index contributed by atoms with van der Waals surface area (Å²) in [7, 11) is 0. The zero-order valence-electron chi connectivity index (χ0n) is 10.4. The van der Waals surface area contributed by atoms with Gasteiger partial charge in [0.05, 0.1) is 5.69 Å². The van der Waals surface area contributed by atoms with Crippen LogP contribution in [0.25, 0.3) is 0 Å². The summed E-state index contributed by atoms with van der Waals surface area (Å²) in [5, 5.41) is 11.8. The molecule has 0 bridgehead atoms. The summed E-state index contributed by atoms with van der Waals surface area (Å²) in [5.41, 5.74) is 0.436. The molecule has 0 saturated heterocycles. The van der Waals surface area contributed by atoms with Gasteiger partial charge in [-0.05, 0) is 25.2 Å². The Kier molecular flexibility index (Phi) is 5.83. The van der Waals surface area contributed by atoms with Crippen molar-refractivity contribution in [2.24, 2.45) is 5.92 Å².